The van der Waals surface area contributed by atoms with E-state index in [0.717, 1.165) is 0 Å². The van der Waals surface area contributed by atoms with Crippen LogP contribution in [0.5, 0.6) is 0 Å². The number of β-lactam (4-membered cyclic amide) rings is 1. The summed E-state index contributed by atoms with van der Waals surface area (Å²) in [4.78, 5) is 37.9. The number of hydrogen-bond acceptors (Lipinski definition) is 10. The zero-order chi connectivity index (χ0) is 21.3. The normalized spacial score (nSPS) is 21.7. The van der Waals surface area contributed by atoms with Crippen LogP contribution in [-0.4, -0.2) is 70.9 Å². The first-order chi connectivity index (χ1) is 14.5. The maximum Gasteiger partial charge on any atom is 0.352 e. The predicted octanol–water partition coefficient (Wildman–Crippen LogP) is 0.770. The van der Waals surface area contributed by atoms with Crippen LogP contribution in [0.4, 0.5) is 0 Å². The van der Waals surface area contributed by atoms with Crippen molar-refractivity contribution in [3.63, 3.8) is 0 Å². The lowest BCUT2D eigenvalue weighted by molar-refractivity contribution is -0.150. The molecule has 4 heterocycles. The molecular weight excluding hydrogens is 472 g/mol. The van der Waals surface area contributed by atoms with Gasteiger partial charge in [0, 0.05) is 11.5 Å². The molecule has 2 N–H and O–H groups in total. The molecule has 1 fully saturated rings. The van der Waals surface area contributed by atoms with Crippen LogP contribution in [0.1, 0.15) is 0 Å². The summed E-state index contributed by atoms with van der Waals surface area (Å²) in [7, 11) is -1.49. The lowest BCUT2D eigenvalue weighted by Crippen LogP contribution is -2.70. The lowest BCUT2D eigenvalue weighted by atomic mass is 10.0. The van der Waals surface area contributed by atoms with Gasteiger partial charge in [0.25, 0.3) is 11.1 Å². The quantitative estimate of drug-likeness (QED) is 0.406. The Labute approximate surface area is 184 Å². The summed E-state index contributed by atoms with van der Waals surface area (Å²) in [6.45, 7) is 0. The zero-order valence-corrected chi connectivity index (χ0v) is 18.3. The summed E-state index contributed by atoms with van der Waals surface area (Å²) in [5.74, 6) is -1.82. The van der Waals surface area contributed by atoms with Gasteiger partial charge in [-0.15, -0.1) is 33.3 Å². The van der Waals surface area contributed by atoms with Crippen molar-refractivity contribution in [2.75, 3.05) is 17.3 Å². The van der Waals surface area contributed by atoms with Gasteiger partial charge >= 0.3 is 5.97 Å². The Bertz CT molecular complexity index is 1020. The molecule has 0 bridgehead atoms. The van der Waals surface area contributed by atoms with Gasteiger partial charge in [0.15, 0.2) is 0 Å². The van der Waals surface area contributed by atoms with E-state index in [4.69, 9.17) is 4.42 Å². The summed E-state index contributed by atoms with van der Waals surface area (Å²) >= 11 is 3.84. The molecule has 2 aliphatic heterocycles. The fraction of sp³-hybridized carbons (Fsp3) is 0.312. The average molecular weight is 487 g/mol. The molecule has 2 amide bonds. The van der Waals surface area contributed by atoms with Crippen LogP contribution >= 0.6 is 34.9 Å². The highest BCUT2D eigenvalue weighted by molar-refractivity contribution is 8.01. The SMILES string of the molecule is O=C(CS(=O)c1cccs1)NC1C(=O)N2C(C(=O)O)=C(CSc3nnco3)CS[C@@H]12. The summed E-state index contributed by atoms with van der Waals surface area (Å²) < 4.78 is 17.8. The highest BCUT2D eigenvalue weighted by atomic mass is 32.2. The van der Waals surface area contributed by atoms with Crippen molar-refractivity contribution in [1.29, 1.82) is 0 Å². The Hall–Kier alpha value is -2.16. The summed E-state index contributed by atoms with van der Waals surface area (Å²) in [6.07, 6.45) is 1.18. The molecule has 0 aliphatic carbocycles. The molecule has 0 spiro atoms. The topological polar surface area (TPSA) is 143 Å². The molecule has 158 valence electrons. The Balaban J connectivity index is 1.41. The number of rotatable bonds is 8. The summed E-state index contributed by atoms with van der Waals surface area (Å²) in [5.41, 5.74) is 0.479. The number of carboxylic acid groups (broad SMARTS) is 1. The van der Waals surface area contributed by atoms with Gasteiger partial charge in [-0.05, 0) is 17.0 Å². The van der Waals surface area contributed by atoms with Gasteiger partial charge in [-0.25, -0.2) is 4.79 Å². The third kappa shape index (κ3) is 4.17. The van der Waals surface area contributed by atoms with Gasteiger partial charge in [-0.1, -0.05) is 17.8 Å². The van der Waals surface area contributed by atoms with Crippen molar-refractivity contribution >= 4 is 63.4 Å². The molecule has 2 aromatic heterocycles. The van der Waals surface area contributed by atoms with E-state index >= 15 is 0 Å². The number of nitrogens with one attached hydrogen (secondary N) is 1. The number of carbonyl (C=O) groups excluding carboxylic acids is 2. The number of aliphatic carboxylic acids is 1. The minimum atomic E-state index is -1.49. The monoisotopic (exact) mass is 486 g/mol. The molecule has 1 saturated heterocycles. The average Bonchev–Trinajstić information content (AvgIpc) is 3.43. The third-order valence-corrected chi connectivity index (χ3v) is 9.13. The first-order valence-corrected chi connectivity index (χ1v) is 12.7. The Morgan fingerprint density at radius 3 is 2.97 bits per heavy atom. The van der Waals surface area contributed by atoms with Gasteiger partial charge in [0.1, 0.15) is 22.9 Å². The summed E-state index contributed by atoms with van der Waals surface area (Å²) in [5, 5.41) is 21.1. The zero-order valence-electron chi connectivity index (χ0n) is 15.0. The number of carbonyl (C=O) groups is 3. The largest absolute Gasteiger partial charge is 0.477 e. The Kier molecular flexibility index (Phi) is 6.26. The van der Waals surface area contributed by atoms with E-state index < -0.39 is 40.0 Å². The van der Waals surface area contributed by atoms with Crippen molar-refractivity contribution in [2.45, 2.75) is 20.8 Å². The minimum Gasteiger partial charge on any atom is -0.477 e. The van der Waals surface area contributed by atoms with E-state index in [9.17, 15) is 23.7 Å². The van der Waals surface area contributed by atoms with Crippen molar-refractivity contribution in [1.82, 2.24) is 20.4 Å². The molecule has 0 aromatic carbocycles. The maximum absolute atomic E-state index is 12.6. The van der Waals surface area contributed by atoms with Crippen molar-refractivity contribution in [3.05, 3.63) is 35.2 Å². The maximum atomic E-state index is 12.6. The number of hydrogen-bond donors (Lipinski definition) is 2. The van der Waals surface area contributed by atoms with Gasteiger partial charge < -0.3 is 14.8 Å². The smallest absolute Gasteiger partial charge is 0.352 e. The van der Waals surface area contributed by atoms with Gasteiger partial charge in [-0.2, -0.15) is 0 Å². The van der Waals surface area contributed by atoms with Crippen LogP contribution in [0.3, 0.4) is 0 Å². The number of amides is 2. The molecule has 0 radical (unpaired) electrons. The number of aromatic nitrogens is 2. The van der Waals surface area contributed by atoms with Gasteiger partial charge in [0.05, 0.1) is 15.0 Å². The Morgan fingerprint density at radius 1 is 1.47 bits per heavy atom. The predicted molar refractivity (Wildman–Crippen MR) is 110 cm³/mol. The molecular formula is C16H14N4O6S4. The standard InChI is InChI=1S/C16H14N4O6S4/c21-9(6-30(25)10-2-1-3-27-10)18-11-13(22)20-12(15(23)24)8(4-28-14(11)20)5-29-16-19-17-7-26-16/h1-3,7,11,14H,4-6H2,(H,18,21)(H,23,24)/t11?,14-,30?/m0/s1. The molecule has 2 aliphatic rings. The number of thioether (sulfide) groups is 2. The second kappa shape index (κ2) is 8.91. The fourth-order valence-electron chi connectivity index (χ4n) is 2.97. The van der Waals surface area contributed by atoms with E-state index in [2.05, 4.69) is 15.5 Å². The number of fused-ring (bicyclic) bond motifs is 1. The van der Waals surface area contributed by atoms with Crippen LogP contribution < -0.4 is 5.32 Å². The molecule has 2 aromatic rings. The van der Waals surface area contributed by atoms with Crippen LogP contribution in [0.15, 0.2) is 49.0 Å². The van der Waals surface area contributed by atoms with Gasteiger partial charge in [0.2, 0.25) is 12.3 Å². The van der Waals surface area contributed by atoms with Crippen LogP contribution in [0.2, 0.25) is 0 Å². The van der Waals surface area contributed by atoms with E-state index in [1.165, 1.54) is 46.2 Å². The third-order valence-electron chi connectivity index (χ3n) is 4.26. The second-order valence-electron chi connectivity index (χ2n) is 6.13. The molecule has 10 nitrogen and oxygen atoms in total. The molecule has 3 atom stereocenters. The van der Waals surface area contributed by atoms with Crippen molar-refractivity contribution in [3.8, 4) is 0 Å². The fourth-order valence-corrected chi connectivity index (χ4v) is 7.11. The lowest BCUT2D eigenvalue weighted by Gasteiger charge is -2.49. The number of nitrogens with zero attached hydrogens (tertiary/aromatic N) is 3. The molecule has 2 unspecified atom stereocenters. The van der Waals surface area contributed by atoms with E-state index in [-0.39, 0.29) is 17.2 Å². The molecule has 30 heavy (non-hydrogen) atoms. The molecule has 0 saturated carbocycles. The van der Waals surface area contributed by atoms with Gasteiger partial charge in [-0.3, -0.25) is 18.7 Å². The second-order valence-corrected chi connectivity index (χ2v) is 10.8. The van der Waals surface area contributed by atoms with E-state index in [1.54, 1.807) is 17.5 Å². The highest BCUT2D eigenvalue weighted by Gasteiger charge is 2.54. The first-order valence-electron chi connectivity index (χ1n) is 8.46. The van der Waals surface area contributed by atoms with E-state index in [0.29, 0.717) is 20.8 Å². The van der Waals surface area contributed by atoms with Crippen molar-refractivity contribution in [2.24, 2.45) is 0 Å². The highest BCUT2D eigenvalue weighted by Crippen LogP contribution is 2.41. The molecule has 4 rings (SSSR count). The Morgan fingerprint density at radius 2 is 2.30 bits per heavy atom. The minimum absolute atomic E-state index is 0.0802. The summed E-state index contributed by atoms with van der Waals surface area (Å²) in [6, 6.07) is 2.58. The van der Waals surface area contributed by atoms with Crippen molar-refractivity contribution < 1.29 is 28.1 Å². The van der Waals surface area contributed by atoms with E-state index in [1.807, 2.05) is 0 Å². The first kappa shape index (κ1) is 21.1. The van der Waals surface area contributed by atoms with Crippen LogP contribution in [-0.2, 0) is 25.2 Å². The molecule has 14 heteroatoms. The number of carboxylic acids is 1. The number of thiophene rings is 1. The van der Waals surface area contributed by atoms with Crippen LogP contribution in [0, 0.1) is 0 Å². The van der Waals surface area contributed by atoms with Crippen LogP contribution in [0.25, 0.3) is 0 Å².